The van der Waals surface area contributed by atoms with Crippen molar-refractivity contribution in [2.75, 3.05) is 7.05 Å². The van der Waals surface area contributed by atoms with Crippen LogP contribution >= 0.6 is 0 Å². The van der Waals surface area contributed by atoms with Crippen LogP contribution in [0.3, 0.4) is 0 Å². The highest BCUT2D eigenvalue weighted by Gasteiger charge is 2.36. The first-order chi connectivity index (χ1) is 19.5. The zero-order valence-electron chi connectivity index (χ0n) is 26.6. The van der Waals surface area contributed by atoms with Crippen LogP contribution in [0.15, 0.2) is 60.8 Å². The lowest BCUT2D eigenvalue weighted by molar-refractivity contribution is -0.145. The van der Waals surface area contributed by atoms with E-state index in [0.717, 1.165) is 29.6 Å². The average Bonchev–Trinajstić information content (AvgIpc) is 3.36. The number of para-hydroxylation sites is 2. The SMILES string of the molecule is CC.CC.CC(C)[C@@H]1CC(CCC(C)(C)O)C(=O)O1.CNC=O.Cc1cnc2ccccc2n1.Fc1ccccc1. The van der Waals surface area contributed by atoms with Crippen LogP contribution in [0.25, 0.3) is 11.0 Å². The number of fused-ring (bicyclic) bond motifs is 1. The lowest BCUT2D eigenvalue weighted by atomic mass is 9.91. The second-order valence-corrected chi connectivity index (χ2v) is 9.71. The van der Waals surface area contributed by atoms with Crippen molar-refractivity contribution >= 4 is 23.4 Å². The number of aryl methyl sites for hydroxylation is 1. The van der Waals surface area contributed by atoms with Crippen molar-refractivity contribution in [3.05, 3.63) is 72.3 Å². The van der Waals surface area contributed by atoms with Crippen LogP contribution < -0.4 is 5.32 Å². The highest BCUT2D eigenvalue weighted by atomic mass is 19.1. The molecule has 0 bridgehead atoms. The molecule has 1 amide bonds. The summed E-state index contributed by atoms with van der Waals surface area (Å²) in [6.45, 7) is 17.6. The van der Waals surface area contributed by atoms with Gasteiger partial charge in [0.25, 0.3) is 0 Å². The number of benzene rings is 2. The predicted molar refractivity (Wildman–Crippen MR) is 167 cm³/mol. The van der Waals surface area contributed by atoms with Gasteiger partial charge in [-0.1, -0.05) is 71.9 Å². The molecule has 0 saturated carbocycles. The maximum absolute atomic E-state index is 11.9. The Bertz CT molecular complexity index is 1070. The maximum Gasteiger partial charge on any atom is 0.309 e. The molecule has 0 spiro atoms. The third kappa shape index (κ3) is 19.3. The van der Waals surface area contributed by atoms with E-state index < -0.39 is 5.60 Å². The van der Waals surface area contributed by atoms with Crippen LogP contribution in [-0.4, -0.2) is 46.2 Å². The number of hydrogen-bond donors (Lipinski definition) is 2. The molecule has 230 valence electrons. The van der Waals surface area contributed by atoms with Gasteiger partial charge in [-0.2, -0.15) is 0 Å². The van der Waals surface area contributed by atoms with Crippen LogP contribution in [0, 0.1) is 24.6 Å². The molecule has 2 heterocycles. The van der Waals surface area contributed by atoms with Crippen molar-refractivity contribution in [2.45, 2.75) is 93.3 Å². The smallest absolute Gasteiger partial charge is 0.309 e. The molecule has 41 heavy (non-hydrogen) atoms. The van der Waals surface area contributed by atoms with Crippen molar-refractivity contribution in [2.24, 2.45) is 11.8 Å². The van der Waals surface area contributed by atoms with E-state index in [0.29, 0.717) is 18.7 Å². The average molecular weight is 574 g/mol. The zero-order chi connectivity index (χ0) is 31.8. The van der Waals surface area contributed by atoms with E-state index in [1.165, 1.54) is 12.1 Å². The number of nitrogens with zero attached hydrogens (tertiary/aromatic N) is 2. The van der Waals surface area contributed by atoms with E-state index in [4.69, 9.17) is 9.53 Å². The van der Waals surface area contributed by atoms with Gasteiger partial charge in [0.1, 0.15) is 11.9 Å². The van der Waals surface area contributed by atoms with Gasteiger partial charge in [0.15, 0.2) is 0 Å². The number of esters is 1. The minimum absolute atomic E-state index is 0.0103. The molecule has 1 aliphatic heterocycles. The van der Waals surface area contributed by atoms with E-state index in [9.17, 15) is 14.3 Å². The summed E-state index contributed by atoms with van der Waals surface area (Å²) >= 11 is 0. The summed E-state index contributed by atoms with van der Waals surface area (Å²) in [5.41, 5.74) is 2.20. The topological polar surface area (TPSA) is 101 Å². The van der Waals surface area contributed by atoms with E-state index in [1.54, 1.807) is 45.3 Å². The summed E-state index contributed by atoms with van der Waals surface area (Å²) < 4.78 is 17.2. The maximum atomic E-state index is 11.9. The van der Waals surface area contributed by atoms with Gasteiger partial charge >= 0.3 is 5.97 Å². The van der Waals surface area contributed by atoms with Crippen molar-refractivity contribution in [3.8, 4) is 0 Å². The fraction of sp³-hybridized carbons (Fsp3) is 0.515. The lowest BCUT2D eigenvalue weighted by Crippen LogP contribution is -2.21. The number of nitrogens with one attached hydrogen (secondary N) is 1. The van der Waals surface area contributed by atoms with Gasteiger partial charge < -0.3 is 15.2 Å². The van der Waals surface area contributed by atoms with Gasteiger partial charge in [0.2, 0.25) is 6.41 Å². The summed E-state index contributed by atoms with van der Waals surface area (Å²) in [4.78, 5) is 29.1. The van der Waals surface area contributed by atoms with E-state index in [2.05, 4.69) is 29.1 Å². The second kappa shape index (κ2) is 23.3. The van der Waals surface area contributed by atoms with Gasteiger partial charge in [-0.15, -0.1) is 0 Å². The standard InChI is InChI=1S/C12H22O3.C9H8N2.C6H5F.C2H5NO.2C2H6/c1-8(2)10-7-9(11(13)15-10)5-6-12(3,4)14;1-7-6-10-8-4-2-3-5-9(8)11-7;7-6-4-2-1-3-5-6;1-3-2-4;2*1-2/h8-10,14H,5-7H2,1-4H3;2-6H,1H3;1-5H;2H,1H3,(H,3,4);2*1-2H3/t9?,10-;;;;;/m0...../s1. The Labute approximate surface area is 247 Å². The lowest BCUT2D eigenvalue weighted by Gasteiger charge is -2.18. The van der Waals surface area contributed by atoms with Crippen LogP contribution in [0.4, 0.5) is 4.39 Å². The fourth-order valence-corrected chi connectivity index (χ4v) is 3.31. The Morgan fingerprint density at radius 2 is 1.56 bits per heavy atom. The Hall–Kier alpha value is -3.39. The number of carbonyl (C=O) groups is 2. The number of carbonyl (C=O) groups excluding carboxylic acids is 2. The van der Waals surface area contributed by atoms with Gasteiger partial charge in [-0.3, -0.25) is 14.6 Å². The number of amides is 1. The Morgan fingerprint density at radius 1 is 1.05 bits per heavy atom. The Morgan fingerprint density at radius 3 is 1.98 bits per heavy atom. The van der Waals surface area contributed by atoms with Crippen LogP contribution in [0.5, 0.6) is 0 Å². The van der Waals surface area contributed by atoms with Gasteiger partial charge in [0.05, 0.1) is 28.2 Å². The Balaban J connectivity index is 0. The van der Waals surface area contributed by atoms with E-state index in [1.807, 2.05) is 58.9 Å². The summed E-state index contributed by atoms with van der Waals surface area (Å²) in [7, 11) is 1.56. The number of aliphatic hydroxyl groups is 1. The van der Waals surface area contributed by atoms with Crippen LogP contribution in [-0.2, 0) is 14.3 Å². The molecule has 1 aromatic heterocycles. The van der Waals surface area contributed by atoms with Crippen molar-refractivity contribution < 1.29 is 23.8 Å². The number of cyclic esters (lactones) is 1. The third-order valence-corrected chi connectivity index (χ3v) is 5.39. The summed E-state index contributed by atoms with van der Waals surface area (Å²) in [6.07, 6.45) is 4.67. The molecule has 0 radical (unpaired) electrons. The fourth-order valence-electron chi connectivity index (χ4n) is 3.31. The molecule has 1 aliphatic rings. The number of ether oxygens (including phenoxy) is 1. The minimum Gasteiger partial charge on any atom is -0.462 e. The zero-order valence-corrected chi connectivity index (χ0v) is 26.6. The number of halogens is 1. The van der Waals surface area contributed by atoms with E-state index in [-0.39, 0.29) is 23.8 Å². The molecule has 2 aromatic carbocycles. The van der Waals surface area contributed by atoms with Gasteiger partial charge in [-0.05, 0) is 70.2 Å². The molecular weight excluding hydrogens is 521 g/mol. The first kappa shape index (κ1) is 39.8. The number of hydrogen-bond acceptors (Lipinski definition) is 6. The van der Waals surface area contributed by atoms with Gasteiger partial charge in [-0.25, -0.2) is 9.37 Å². The van der Waals surface area contributed by atoms with E-state index >= 15 is 0 Å². The van der Waals surface area contributed by atoms with Crippen LogP contribution in [0.2, 0.25) is 0 Å². The molecule has 1 unspecified atom stereocenters. The summed E-state index contributed by atoms with van der Waals surface area (Å²) in [5.74, 6) is 0.116. The minimum atomic E-state index is -0.684. The Kier molecular flexibility index (Phi) is 22.6. The first-order valence-corrected chi connectivity index (χ1v) is 14.4. The molecule has 1 saturated heterocycles. The number of aromatic nitrogens is 2. The molecule has 2 N–H and O–H groups in total. The van der Waals surface area contributed by atoms with Crippen molar-refractivity contribution in [1.29, 1.82) is 0 Å². The molecule has 1 fully saturated rings. The van der Waals surface area contributed by atoms with Crippen molar-refractivity contribution in [1.82, 2.24) is 15.3 Å². The molecule has 7 nitrogen and oxygen atoms in total. The monoisotopic (exact) mass is 573 g/mol. The summed E-state index contributed by atoms with van der Waals surface area (Å²) in [5, 5.41) is 11.8. The first-order valence-electron chi connectivity index (χ1n) is 14.4. The normalized spacial score (nSPS) is 15.0. The van der Waals surface area contributed by atoms with Crippen molar-refractivity contribution in [3.63, 3.8) is 0 Å². The molecule has 2 atom stereocenters. The van der Waals surface area contributed by atoms with Gasteiger partial charge in [0, 0.05) is 13.2 Å². The quantitative estimate of drug-likeness (QED) is 0.245. The molecule has 3 aromatic rings. The highest BCUT2D eigenvalue weighted by Crippen LogP contribution is 2.30. The predicted octanol–water partition coefficient (Wildman–Crippen LogP) is 7.30. The molecule has 8 heteroatoms. The molecule has 0 aliphatic carbocycles. The second-order valence-electron chi connectivity index (χ2n) is 9.71. The van der Waals surface area contributed by atoms with Crippen LogP contribution in [0.1, 0.15) is 80.3 Å². The molecular formula is C33H52FN3O4. The molecule has 4 rings (SSSR count). The third-order valence-electron chi connectivity index (χ3n) is 5.39. The largest absolute Gasteiger partial charge is 0.462 e. The highest BCUT2D eigenvalue weighted by molar-refractivity contribution is 5.74. The number of rotatable bonds is 5. The summed E-state index contributed by atoms with van der Waals surface area (Å²) in [6, 6.07) is 15.8.